The molecule has 0 unspecified atom stereocenters. The molecule has 1 saturated carbocycles. The normalized spacial score (nSPS) is 24.5. The molecule has 8 nitrogen and oxygen atoms in total. The van der Waals surface area contributed by atoms with Gasteiger partial charge in [0.2, 0.25) is 5.95 Å². The Kier molecular flexibility index (Phi) is 4.82. The first-order valence-electron chi connectivity index (χ1n) is 10.9. The molecule has 0 amide bonds. The van der Waals surface area contributed by atoms with Crippen LogP contribution < -0.4 is 21.9 Å². The van der Waals surface area contributed by atoms with Gasteiger partial charge in [-0.05, 0) is 43.1 Å². The lowest BCUT2D eigenvalue weighted by molar-refractivity contribution is 0.185. The van der Waals surface area contributed by atoms with Gasteiger partial charge >= 0.3 is 0 Å². The van der Waals surface area contributed by atoms with Gasteiger partial charge in [-0.3, -0.25) is 14.4 Å². The second-order valence-corrected chi connectivity index (χ2v) is 9.65. The summed E-state index contributed by atoms with van der Waals surface area (Å²) in [4.78, 5) is 29.0. The van der Waals surface area contributed by atoms with Gasteiger partial charge in [-0.2, -0.15) is 0 Å². The molecule has 1 spiro atoms. The van der Waals surface area contributed by atoms with Crippen molar-refractivity contribution in [2.24, 2.45) is 29.1 Å². The zero-order valence-corrected chi connectivity index (χ0v) is 18.7. The largest absolute Gasteiger partial charge is 0.384 e. The molecule has 5 rings (SSSR count). The van der Waals surface area contributed by atoms with Gasteiger partial charge in [-0.1, -0.05) is 18.5 Å². The molecule has 1 aliphatic carbocycles. The Balaban J connectivity index is 1.45. The van der Waals surface area contributed by atoms with Crippen LogP contribution in [0, 0.1) is 11.3 Å². The van der Waals surface area contributed by atoms with Gasteiger partial charge in [0, 0.05) is 37.9 Å². The minimum atomic E-state index is -0.117. The number of halogens is 1. The maximum atomic E-state index is 13.4. The first-order chi connectivity index (χ1) is 14.8. The Hall–Kier alpha value is -2.45. The van der Waals surface area contributed by atoms with Crippen LogP contribution in [0.4, 0.5) is 11.8 Å². The number of nitrogens with zero attached hydrogens (tertiary/aromatic N) is 5. The molecular formula is C22H28ClN7O. The number of fused-ring (bicyclic) bond motifs is 1. The highest BCUT2D eigenvalue weighted by Gasteiger charge is 2.46. The Labute approximate surface area is 186 Å². The second-order valence-electron chi connectivity index (χ2n) is 9.24. The van der Waals surface area contributed by atoms with Crippen molar-refractivity contribution >= 4 is 29.1 Å². The zero-order valence-electron chi connectivity index (χ0n) is 17.9. The topological polar surface area (TPSA) is 115 Å². The molecule has 164 valence electrons. The fourth-order valence-corrected chi connectivity index (χ4v) is 5.75. The summed E-state index contributed by atoms with van der Waals surface area (Å²) in [5.41, 5.74) is 14.9. The third-order valence-electron chi connectivity index (χ3n) is 7.56. The van der Waals surface area contributed by atoms with Crippen molar-refractivity contribution in [3.63, 3.8) is 0 Å². The molecule has 2 aliphatic heterocycles. The van der Waals surface area contributed by atoms with E-state index < -0.39 is 0 Å². The number of aromatic nitrogens is 3. The molecule has 2 aromatic heterocycles. The number of piperidine rings is 1. The average Bonchev–Trinajstić information content (AvgIpc) is 3.30. The third kappa shape index (κ3) is 3.15. The van der Waals surface area contributed by atoms with E-state index in [1.165, 1.54) is 19.0 Å². The fraction of sp³-hybridized carbons (Fsp3) is 0.545. The third-order valence-corrected chi connectivity index (χ3v) is 7.86. The van der Waals surface area contributed by atoms with Gasteiger partial charge in [0.1, 0.15) is 5.82 Å². The van der Waals surface area contributed by atoms with E-state index in [0.29, 0.717) is 51.8 Å². The van der Waals surface area contributed by atoms with Crippen LogP contribution in [0.3, 0.4) is 0 Å². The standard InChI is InChI=1S/C22H28ClN7O/c1-12-3-4-22(19(12)25)5-7-30(8-6-22)21-28-15-11-27-18(17(15)20(31)29(21)2)13-9-16(24)26-10-14(13)23/h9-10,12,19H,3-8,11,25H2,1-2H3,(H2,24,26)/t12-,19-/m1/s1. The van der Waals surface area contributed by atoms with Crippen molar-refractivity contribution in [3.05, 3.63) is 44.5 Å². The molecule has 1 saturated heterocycles. The molecule has 3 aliphatic rings. The maximum Gasteiger partial charge on any atom is 0.264 e. The van der Waals surface area contributed by atoms with Crippen molar-refractivity contribution in [1.29, 1.82) is 0 Å². The summed E-state index contributed by atoms with van der Waals surface area (Å²) in [5.74, 6) is 1.62. The number of hydrogen-bond acceptors (Lipinski definition) is 7. The minimum Gasteiger partial charge on any atom is -0.384 e. The highest BCUT2D eigenvalue weighted by molar-refractivity contribution is 6.35. The van der Waals surface area contributed by atoms with Crippen LogP contribution in [0.25, 0.3) is 0 Å². The first-order valence-corrected chi connectivity index (χ1v) is 11.3. The number of anilines is 2. The average molecular weight is 442 g/mol. The lowest BCUT2D eigenvalue weighted by Crippen LogP contribution is -2.49. The van der Waals surface area contributed by atoms with Gasteiger partial charge in [0.05, 0.1) is 28.5 Å². The Morgan fingerprint density at radius 1 is 1.26 bits per heavy atom. The molecule has 4 heterocycles. The quantitative estimate of drug-likeness (QED) is 0.737. The molecule has 0 radical (unpaired) electrons. The minimum absolute atomic E-state index is 0.117. The van der Waals surface area contributed by atoms with E-state index in [1.54, 1.807) is 17.7 Å². The summed E-state index contributed by atoms with van der Waals surface area (Å²) in [7, 11) is 1.77. The molecule has 9 heteroatoms. The zero-order chi connectivity index (χ0) is 21.9. The van der Waals surface area contributed by atoms with Crippen molar-refractivity contribution in [3.8, 4) is 0 Å². The summed E-state index contributed by atoms with van der Waals surface area (Å²) < 4.78 is 1.63. The van der Waals surface area contributed by atoms with Crippen LogP contribution in [-0.2, 0) is 13.6 Å². The Morgan fingerprint density at radius 3 is 2.68 bits per heavy atom. The van der Waals surface area contributed by atoms with E-state index in [0.717, 1.165) is 25.9 Å². The van der Waals surface area contributed by atoms with Crippen LogP contribution in [0.5, 0.6) is 0 Å². The van der Waals surface area contributed by atoms with Crippen molar-refractivity contribution in [2.45, 2.75) is 45.2 Å². The van der Waals surface area contributed by atoms with Crippen molar-refractivity contribution in [2.75, 3.05) is 23.7 Å². The number of pyridine rings is 1. The lowest BCUT2D eigenvalue weighted by Gasteiger charge is -2.43. The van der Waals surface area contributed by atoms with E-state index in [1.807, 2.05) is 0 Å². The van der Waals surface area contributed by atoms with Gasteiger partial charge in [0.15, 0.2) is 0 Å². The predicted octanol–water partition coefficient (Wildman–Crippen LogP) is 2.11. The first kappa shape index (κ1) is 20.5. The summed E-state index contributed by atoms with van der Waals surface area (Å²) >= 11 is 6.32. The molecule has 0 aromatic carbocycles. The molecule has 2 fully saturated rings. The lowest BCUT2D eigenvalue weighted by atomic mass is 9.73. The molecular weight excluding hydrogens is 414 g/mol. The fourth-order valence-electron chi connectivity index (χ4n) is 5.56. The van der Waals surface area contributed by atoms with E-state index >= 15 is 0 Å². The van der Waals surface area contributed by atoms with Gasteiger partial charge in [0.25, 0.3) is 5.56 Å². The molecule has 2 aromatic rings. The number of hydrogen-bond donors (Lipinski definition) is 2. The van der Waals surface area contributed by atoms with Crippen LogP contribution in [0.2, 0.25) is 5.02 Å². The summed E-state index contributed by atoms with van der Waals surface area (Å²) in [6.45, 7) is 4.34. The number of nitrogens with two attached hydrogens (primary N) is 2. The van der Waals surface area contributed by atoms with E-state index in [2.05, 4.69) is 21.8 Å². The molecule has 31 heavy (non-hydrogen) atoms. The van der Waals surface area contributed by atoms with E-state index in [4.69, 9.17) is 28.1 Å². The molecule has 2 atom stereocenters. The van der Waals surface area contributed by atoms with Gasteiger partial charge in [-0.15, -0.1) is 0 Å². The van der Waals surface area contributed by atoms with Gasteiger partial charge < -0.3 is 16.4 Å². The van der Waals surface area contributed by atoms with Crippen LogP contribution >= 0.6 is 11.6 Å². The van der Waals surface area contributed by atoms with Crippen LogP contribution in [-0.4, -0.2) is 39.4 Å². The Morgan fingerprint density at radius 2 is 2.00 bits per heavy atom. The summed E-state index contributed by atoms with van der Waals surface area (Å²) in [6, 6.07) is 1.92. The maximum absolute atomic E-state index is 13.4. The number of rotatable bonds is 2. The number of nitrogen functional groups attached to an aromatic ring is 1. The monoisotopic (exact) mass is 441 g/mol. The highest BCUT2D eigenvalue weighted by Crippen LogP contribution is 2.48. The molecule has 4 N–H and O–H groups in total. The number of aliphatic imine (C=N–C) groups is 1. The summed E-state index contributed by atoms with van der Waals surface area (Å²) in [5, 5.41) is 0.412. The van der Waals surface area contributed by atoms with Crippen molar-refractivity contribution < 1.29 is 0 Å². The molecule has 0 bridgehead atoms. The SMILES string of the molecule is C[C@@H]1CCC2(CCN(c3nc4c(c(=O)n3C)C(c3cc(N)ncc3Cl)=NC4)CC2)[C@@H]1N. The second kappa shape index (κ2) is 7.31. The Bertz CT molecular complexity index is 1130. The smallest absolute Gasteiger partial charge is 0.264 e. The van der Waals surface area contributed by atoms with E-state index in [-0.39, 0.29) is 17.0 Å². The summed E-state index contributed by atoms with van der Waals surface area (Å²) in [6.07, 6.45) is 5.97. The van der Waals surface area contributed by atoms with Crippen molar-refractivity contribution in [1.82, 2.24) is 14.5 Å². The van der Waals surface area contributed by atoms with E-state index in [9.17, 15) is 4.79 Å². The predicted molar refractivity (Wildman–Crippen MR) is 123 cm³/mol. The van der Waals surface area contributed by atoms with Crippen LogP contribution in [0.1, 0.15) is 49.4 Å². The highest BCUT2D eigenvalue weighted by atomic mass is 35.5. The van der Waals surface area contributed by atoms with Gasteiger partial charge in [-0.25, -0.2) is 9.97 Å². The van der Waals surface area contributed by atoms with Crippen LogP contribution in [0.15, 0.2) is 22.1 Å².